The molecule has 14 heteroatoms. The highest BCUT2D eigenvalue weighted by Crippen LogP contribution is 2.38. The van der Waals surface area contributed by atoms with Crippen molar-refractivity contribution in [2.24, 2.45) is 0 Å². The van der Waals surface area contributed by atoms with Crippen LogP contribution < -0.4 is 24.3 Å². The fourth-order valence-electron chi connectivity index (χ4n) is 6.10. The van der Waals surface area contributed by atoms with Gasteiger partial charge in [0.25, 0.3) is 17.5 Å². The number of unbranched alkanes of at least 4 members (excludes halogenated alkanes) is 2. The highest BCUT2D eigenvalue weighted by atomic mass is 16.6. The molecule has 0 aromatic heterocycles. The second-order valence-corrected chi connectivity index (χ2v) is 11.3. The summed E-state index contributed by atoms with van der Waals surface area (Å²) in [5.41, 5.74) is 0.571. The van der Waals surface area contributed by atoms with Crippen molar-refractivity contribution in [3.63, 3.8) is 0 Å². The number of rotatable bonds is 13. The van der Waals surface area contributed by atoms with Crippen LogP contribution >= 0.6 is 0 Å². The number of aliphatic hydroxyl groups excluding tert-OH is 1. The monoisotopic (exact) mass is 626 g/mol. The molecule has 3 heterocycles. The molecule has 0 saturated carbocycles. The second kappa shape index (κ2) is 14.0. The van der Waals surface area contributed by atoms with Crippen LogP contribution in [0.5, 0.6) is 23.0 Å². The molecule has 0 spiro atoms. The molecule has 242 valence electrons. The van der Waals surface area contributed by atoms with Crippen LogP contribution in [0.3, 0.4) is 0 Å². The molecule has 3 aliphatic heterocycles. The third-order valence-electron chi connectivity index (χ3n) is 8.45. The van der Waals surface area contributed by atoms with Gasteiger partial charge in [0.15, 0.2) is 23.0 Å². The number of ether oxygens (including phenoxy) is 4. The standard InChI is InChI=1S/C31H38N4O10/c1-42-26-12-22-24(32-16-19-7-6-8-33(19)30(22)38)14-28(26)44-9-4-3-5-10-45-29-15-25(35(40)41)23(13-27(29)43-2)31(39)34-17-21(37)11-20(34)18-36/h12-15,18-21,32,37H,3-11,16-17H2,1-2H3/t19-,20-,21+/m0/s1. The highest BCUT2D eigenvalue weighted by Gasteiger charge is 2.38. The fraction of sp³-hybridized carbons (Fsp3) is 0.516. The van der Waals surface area contributed by atoms with Crippen LogP contribution in [-0.2, 0) is 4.79 Å². The zero-order valence-electron chi connectivity index (χ0n) is 25.4. The van der Waals surface area contributed by atoms with E-state index in [4.69, 9.17) is 18.9 Å². The maximum atomic E-state index is 13.1. The van der Waals surface area contributed by atoms with Crippen LogP contribution in [0.15, 0.2) is 24.3 Å². The van der Waals surface area contributed by atoms with Crippen molar-refractivity contribution in [2.45, 2.75) is 56.7 Å². The lowest BCUT2D eigenvalue weighted by atomic mass is 10.1. The number of aldehydes is 1. The van der Waals surface area contributed by atoms with E-state index in [0.29, 0.717) is 49.3 Å². The Bertz CT molecular complexity index is 1450. The molecule has 0 radical (unpaired) electrons. The fourth-order valence-corrected chi connectivity index (χ4v) is 6.10. The minimum absolute atomic E-state index is 0.00326. The summed E-state index contributed by atoms with van der Waals surface area (Å²) in [6, 6.07) is 5.25. The number of carbonyl (C=O) groups excluding carboxylic acids is 3. The van der Waals surface area contributed by atoms with E-state index in [9.17, 15) is 29.6 Å². The van der Waals surface area contributed by atoms with Gasteiger partial charge in [0.05, 0.1) is 61.8 Å². The number of β-amino-alcohol motifs (C(OH)–C–C–N with tert-alkyl or cyclic N) is 1. The third kappa shape index (κ3) is 6.75. The summed E-state index contributed by atoms with van der Waals surface area (Å²) in [5.74, 6) is 0.546. The van der Waals surface area contributed by atoms with Crippen LogP contribution in [0.25, 0.3) is 0 Å². The first-order valence-corrected chi connectivity index (χ1v) is 15.1. The van der Waals surface area contributed by atoms with E-state index in [1.807, 2.05) is 11.0 Å². The van der Waals surface area contributed by atoms with Crippen LogP contribution in [-0.4, -0.2) is 103 Å². The van der Waals surface area contributed by atoms with Crippen molar-refractivity contribution in [2.75, 3.05) is 52.4 Å². The number of likely N-dealkylation sites (tertiary alicyclic amines) is 1. The van der Waals surface area contributed by atoms with Gasteiger partial charge < -0.3 is 44.0 Å². The van der Waals surface area contributed by atoms with E-state index in [1.165, 1.54) is 13.2 Å². The predicted octanol–water partition coefficient (Wildman–Crippen LogP) is 3.04. The van der Waals surface area contributed by atoms with Crippen molar-refractivity contribution < 1.29 is 43.4 Å². The zero-order valence-corrected chi connectivity index (χ0v) is 25.4. The first-order valence-electron chi connectivity index (χ1n) is 15.1. The summed E-state index contributed by atoms with van der Waals surface area (Å²) in [6.07, 6.45) is 3.76. The molecule has 2 N–H and O–H groups in total. The summed E-state index contributed by atoms with van der Waals surface area (Å²) in [4.78, 5) is 51.8. The van der Waals surface area contributed by atoms with Crippen LogP contribution in [0.1, 0.15) is 59.2 Å². The van der Waals surface area contributed by atoms with Gasteiger partial charge in [0, 0.05) is 44.2 Å². The van der Waals surface area contributed by atoms with Gasteiger partial charge in [0.2, 0.25) is 0 Å². The number of aliphatic hydroxyl groups is 1. The summed E-state index contributed by atoms with van der Waals surface area (Å²) in [5, 5.41) is 25.1. The van der Waals surface area contributed by atoms with E-state index in [1.54, 1.807) is 13.2 Å². The highest BCUT2D eigenvalue weighted by molar-refractivity contribution is 6.02. The average Bonchev–Trinajstić information content (AvgIpc) is 3.65. The zero-order chi connectivity index (χ0) is 32.1. The largest absolute Gasteiger partial charge is 0.493 e. The number of hydrogen-bond acceptors (Lipinski definition) is 11. The minimum atomic E-state index is -0.886. The van der Waals surface area contributed by atoms with Gasteiger partial charge in [-0.25, -0.2) is 0 Å². The Morgan fingerprint density at radius 1 is 1.07 bits per heavy atom. The van der Waals surface area contributed by atoms with Crippen molar-refractivity contribution in [1.82, 2.24) is 9.80 Å². The summed E-state index contributed by atoms with van der Waals surface area (Å²) < 4.78 is 22.7. The number of nitrogens with zero attached hydrogens (tertiary/aromatic N) is 3. The molecule has 14 nitrogen and oxygen atoms in total. The maximum Gasteiger partial charge on any atom is 0.286 e. The number of fused-ring (bicyclic) bond motifs is 2. The molecule has 2 aromatic rings. The number of amides is 2. The topological polar surface area (TPSA) is 170 Å². The molecule has 0 bridgehead atoms. The molecule has 3 aliphatic rings. The number of nitro groups is 1. The molecule has 3 atom stereocenters. The molecule has 2 saturated heterocycles. The van der Waals surface area contributed by atoms with Gasteiger partial charge in [0.1, 0.15) is 11.8 Å². The van der Waals surface area contributed by atoms with E-state index in [0.717, 1.165) is 42.5 Å². The van der Waals surface area contributed by atoms with Crippen molar-refractivity contribution in [3.05, 3.63) is 45.5 Å². The number of anilines is 1. The van der Waals surface area contributed by atoms with E-state index >= 15 is 0 Å². The van der Waals surface area contributed by atoms with Gasteiger partial charge in [-0.2, -0.15) is 0 Å². The predicted molar refractivity (Wildman–Crippen MR) is 162 cm³/mol. The van der Waals surface area contributed by atoms with E-state index in [-0.39, 0.29) is 48.6 Å². The Morgan fingerprint density at radius 3 is 2.42 bits per heavy atom. The Kier molecular flexibility index (Phi) is 9.91. The Labute approximate surface area is 260 Å². The number of hydrogen-bond donors (Lipinski definition) is 2. The molecule has 0 unspecified atom stereocenters. The lowest BCUT2D eigenvalue weighted by Crippen LogP contribution is -2.37. The van der Waals surface area contributed by atoms with Crippen molar-refractivity contribution in [3.8, 4) is 23.0 Å². The first kappa shape index (κ1) is 31.8. The van der Waals surface area contributed by atoms with Crippen molar-refractivity contribution in [1.29, 1.82) is 0 Å². The van der Waals surface area contributed by atoms with Gasteiger partial charge >= 0.3 is 0 Å². The molecular formula is C31H38N4O10. The van der Waals surface area contributed by atoms with Gasteiger partial charge in [-0.15, -0.1) is 0 Å². The van der Waals surface area contributed by atoms with Crippen LogP contribution in [0, 0.1) is 10.1 Å². The Hall–Kier alpha value is -4.59. The first-order chi connectivity index (χ1) is 21.7. The summed E-state index contributed by atoms with van der Waals surface area (Å²) in [6.45, 7) is 1.99. The normalized spacial score (nSPS) is 20.5. The smallest absolute Gasteiger partial charge is 0.286 e. The quantitative estimate of drug-likeness (QED) is 0.145. The SMILES string of the molecule is COc1cc2c(cc1OCCCCCOc1cc([N+](=O)[O-])c(C(=O)N3C[C@H](O)C[C@H]3C=O)cc1OC)NC[C@@H]1CCCN1C2=O. The number of nitro benzene ring substituents is 1. The average molecular weight is 627 g/mol. The third-order valence-corrected chi connectivity index (χ3v) is 8.45. The van der Waals surface area contributed by atoms with Crippen LogP contribution in [0.4, 0.5) is 11.4 Å². The minimum Gasteiger partial charge on any atom is -0.493 e. The number of benzene rings is 2. The Morgan fingerprint density at radius 2 is 1.76 bits per heavy atom. The lowest BCUT2D eigenvalue weighted by Gasteiger charge is -2.21. The van der Waals surface area contributed by atoms with Crippen molar-refractivity contribution >= 4 is 29.5 Å². The number of carbonyl (C=O) groups is 3. The summed E-state index contributed by atoms with van der Waals surface area (Å²) >= 11 is 0. The number of methoxy groups -OCH3 is 2. The molecule has 2 amide bonds. The van der Waals surface area contributed by atoms with E-state index in [2.05, 4.69) is 5.32 Å². The maximum absolute atomic E-state index is 13.1. The molecule has 45 heavy (non-hydrogen) atoms. The number of nitrogens with one attached hydrogen (secondary N) is 1. The van der Waals surface area contributed by atoms with E-state index < -0.39 is 28.7 Å². The summed E-state index contributed by atoms with van der Waals surface area (Å²) in [7, 11) is 2.90. The second-order valence-electron chi connectivity index (χ2n) is 11.3. The molecule has 0 aliphatic carbocycles. The van der Waals surface area contributed by atoms with Gasteiger partial charge in [-0.1, -0.05) is 0 Å². The molecular weight excluding hydrogens is 588 g/mol. The lowest BCUT2D eigenvalue weighted by molar-refractivity contribution is -0.385. The molecule has 2 fully saturated rings. The van der Waals surface area contributed by atoms with Crippen LogP contribution in [0.2, 0.25) is 0 Å². The van der Waals surface area contributed by atoms with Gasteiger partial charge in [-0.05, 0) is 38.2 Å². The van der Waals surface area contributed by atoms with Gasteiger partial charge in [-0.3, -0.25) is 19.7 Å². The Balaban J connectivity index is 1.15. The molecule has 5 rings (SSSR count). The molecule has 2 aromatic carbocycles.